The number of hydrogen-bond donors (Lipinski definition) is 1. The van der Waals surface area contributed by atoms with E-state index >= 15 is 0 Å². The highest BCUT2D eigenvalue weighted by molar-refractivity contribution is 7.89. The number of rotatable bonds is 4. The van der Waals surface area contributed by atoms with Gasteiger partial charge in [-0.2, -0.15) is 4.72 Å². The average Bonchev–Trinajstić information content (AvgIpc) is 3.02. The minimum atomic E-state index is -3.51. The predicted molar refractivity (Wildman–Crippen MR) is 101 cm³/mol. The second-order valence-corrected chi connectivity index (χ2v) is 8.77. The van der Waals surface area contributed by atoms with Gasteiger partial charge in [-0.15, -0.1) is 0 Å². The van der Waals surface area contributed by atoms with Crippen LogP contribution in [0.4, 0.5) is 5.69 Å². The number of ether oxygens (including phenoxy) is 1. The highest BCUT2D eigenvalue weighted by Gasteiger charge is 2.37. The van der Waals surface area contributed by atoms with E-state index in [1.54, 1.807) is 6.07 Å². The van der Waals surface area contributed by atoms with Crippen molar-refractivity contribution < 1.29 is 13.2 Å². The van der Waals surface area contributed by atoms with Crippen LogP contribution in [0.15, 0.2) is 47.4 Å². The lowest BCUT2D eigenvalue weighted by Crippen LogP contribution is -2.48. The molecule has 0 saturated carbocycles. The van der Waals surface area contributed by atoms with E-state index in [1.807, 2.05) is 50.5 Å². The van der Waals surface area contributed by atoms with Crippen molar-refractivity contribution in [3.8, 4) is 11.5 Å². The molecule has 6 nitrogen and oxygen atoms in total. The third kappa shape index (κ3) is 3.30. The summed E-state index contributed by atoms with van der Waals surface area (Å²) < 4.78 is 33.9. The van der Waals surface area contributed by atoms with Crippen LogP contribution in [0.3, 0.4) is 0 Å². The summed E-state index contributed by atoms with van der Waals surface area (Å²) >= 11 is 0. The van der Waals surface area contributed by atoms with Crippen molar-refractivity contribution in [2.75, 3.05) is 25.5 Å². The van der Waals surface area contributed by atoms with Gasteiger partial charge in [0.25, 0.3) is 0 Å². The minimum Gasteiger partial charge on any atom is -0.457 e. The van der Waals surface area contributed by atoms with Crippen LogP contribution in [-0.2, 0) is 16.6 Å². The van der Waals surface area contributed by atoms with Crippen molar-refractivity contribution in [2.24, 2.45) is 0 Å². The van der Waals surface area contributed by atoms with Gasteiger partial charge in [-0.05, 0) is 56.8 Å². The smallest absolute Gasteiger partial charge is 0.244 e. The van der Waals surface area contributed by atoms with Crippen molar-refractivity contribution in [1.82, 2.24) is 9.62 Å². The second-order valence-electron chi connectivity index (χ2n) is 7.09. The van der Waals surface area contributed by atoms with E-state index in [-0.39, 0.29) is 11.1 Å². The van der Waals surface area contributed by atoms with Crippen LogP contribution in [0, 0.1) is 0 Å². The average molecular weight is 373 g/mol. The molecule has 1 fully saturated rings. The van der Waals surface area contributed by atoms with Crippen LogP contribution in [0.2, 0.25) is 0 Å². The molecule has 1 unspecified atom stereocenters. The molecule has 2 aromatic carbocycles. The molecule has 0 amide bonds. The Bertz CT molecular complexity index is 927. The van der Waals surface area contributed by atoms with E-state index in [9.17, 15) is 8.42 Å². The summed E-state index contributed by atoms with van der Waals surface area (Å²) in [6, 6.07) is 13.1. The van der Waals surface area contributed by atoms with Gasteiger partial charge in [0.2, 0.25) is 10.0 Å². The molecule has 0 bridgehead atoms. The second kappa shape index (κ2) is 6.57. The maximum absolute atomic E-state index is 12.6. The fraction of sp³-hybridized carbons (Fsp3) is 0.368. The van der Waals surface area contributed by atoms with Crippen LogP contribution in [0.1, 0.15) is 18.4 Å². The highest BCUT2D eigenvalue weighted by Crippen LogP contribution is 2.38. The Morgan fingerprint density at radius 2 is 2.00 bits per heavy atom. The van der Waals surface area contributed by atoms with Gasteiger partial charge in [-0.3, -0.25) is 0 Å². The Labute approximate surface area is 154 Å². The quantitative estimate of drug-likeness (QED) is 0.893. The Morgan fingerprint density at radius 1 is 1.19 bits per heavy atom. The number of anilines is 1. The molecule has 26 heavy (non-hydrogen) atoms. The van der Waals surface area contributed by atoms with Crippen LogP contribution < -0.4 is 14.4 Å². The molecule has 2 aliphatic heterocycles. The zero-order valence-corrected chi connectivity index (χ0v) is 15.8. The summed E-state index contributed by atoms with van der Waals surface area (Å²) in [6.45, 7) is 1.68. The SMILES string of the molecule is CN(C)Cc1cccc(Oc2ccc3c(c2)S(=O)(=O)NC2CCCN32)c1. The van der Waals surface area contributed by atoms with Crippen LogP contribution in [0.25, 0.3) is 0 Å². The van der Waals surface area contributed by atoms with Crippen molar-refractivity contribution in [3.63, 3.8) is 0 Å². The lowest BCUT2D eigenvalue weighted by Gasteiger charge is -2.33. The largest absolute Gasteiger partial charge is 0.457 e. The normalized spacial score (nSPS) is 20.7. The minimum absolute atomic E-state index is 0.123. The maximum Gasteiger partial charge on any atom is 0.244 e. The zero-order chi connectivity index (χ0) is 18.3. The van der Waals surface area contributed by atoms with E-state index < -0.39 is 10.0 Å². The lowest BCUT2D eigenvalue weighted by molar-refractivity contribution is 0.401. The molecule has 0 aromatic heterocycles. The first-order chi connectivity index (χ1) is 12.4. The number of hydrogen-bond acceptors (Lipinski definition) is 5. The van der Waals surface area contributed by atoms with Crippen molar-refractivity contribution in [3.05, 3.63) is 48.0 Å². The molecular formula is C19H23N3O3S. The summed E-state index contributed by atoms with van der Waals surface area (Å²) in [5.41, 5.74) is 1.90. The van der Waals surface area contributed by atoms with Crippen molar-refractivity contribution >= 4 is 15.7 Å². The number of benzene rings is 2. The van der Waals surface area contributed by atoms with Crippen LogP contribution in [0.5, 0.6) is 11.5 Å². The van der Waals surface area contributed by atoms with Crippen molar-refractivity contribution in [1.29, 1.82) is 0 Å². The van der Waals surface area contributed by atoms with E-state index in [0.717, 1.165) is 37.2 Å². The summed E-state index contributed by atoms with van der Waals surface area (Å²) in [5.74, 6) is 1.22. The van der Waals surface area contributed by atoms with Gasteiger partial charge in [0.1, 0.15) is 16.4 Å². The van der Waals surface area contributed by atoms with Gasteiger partial charge in [0, 0.05) is 19.2 Å². The highest BCUT2D eigenvalue weighted by atomic mass is 32.2. The molecule has 1 atom stereocenters. The molecule has 2 aliphatic rings. The van der Waals surface area contributed by atoms with E-state index in [4.69, 9.17) is 4.74 Å². The summed E-state index contributed by atoms with van der Waals surface area (Å²) in [5, 5.41) is 0. The summed E-state index contributed by atoms with van der Waals surface area (Å²) in [4.78, 5) is 4.50. The Kier molecular flexibility index (Phi) is 4.38. The van der Waals surface area contributed by atoms with E-state index in [2.05, 4.69) is 14.5 Å². The molecule has 138 valence electrons. The van der Waals surface area contributed by atoms with Gasteiger partial charge < -0.3 is 14.5 Å². The fourth-order valence-corrected chi connectivity index (χ4v) is 5.10. The van der Waals surface area contributed by atoms with Gasteiger partial charge >= 0.3 is 0 Å². The molecule has 2 aromatic rings. The molecule has 2 heterocycles. The zero-order valence-electron chi connectivity index (χ0n) is 15.0. The molecule has 4 rings (SSSR count). The van der Waals surface area contributed by atoms with Gasteiger partial charge in [0.15, 0.2) is 0 Å². The first-order valence-electron chi connectivity index (χ1n) is 8.77. The number of nitrogens with zero attached hydrogens (tertiary/aromatic N) is 2. The standard InChI is InChI=1S/C19H23N3O3S/c1-21(2)13-14-5-3-6-15(11-14)25-16-8-9-17-18(12-16)26(23,24)20-19-7-4-10-22(17)19/h3,5-6,8-9,11-12,19-20H,4,7,10,13H2,1-2H3. The monoisotopic (exact) mass is 373 g/mol. The molecular weight excluding hydrogens is 350 g/mol. The van der Waals surface area contributed by atoms with Gasteiger partial charge in [-0.25, -0.2) is 8.42 Å². The summed E-state index contributed by atoms with van der Waals surface area (Å²) in [7, 11) is 0.515. The first-order valence-corrected chi connectivity index (χ1v) is 10.3. The third-order valence-corrected chi connectivity index (χ3v) is 6.20. The molecule has 1 N–H and O–H groups in total. The van der Waals surface area contributed by atoms with E-state index in [1.165, 1.54) is 0 Å². The van der Waals surface area contributed by atoms with Gasteiger partial charge in [0.05, 0.1) is 11.9 Å². The summed E-state index contributed by atoms with van der Waals surface area (Å²) in [6.07, 6.45) is 1.71. The number of nitrogens with one attached hydrogen (secondary N) is 1. The Balaban J connectivity index is 1.64. The fourth-order valence-electron chi connectivity index (χ4n) is 3.64. The van der Waals surface area contributed by atoms with Crippen LogP contribution >= 0.6 is 0 Å². The molecule has 1 saturated heterocycles. The van der Waals surface area contributed by atoms with E-state index in [0.29, 0.717) is 11.5 Å². The topological polar surface area (TPSA) is 61.9 Å². The van der Waals surface area contributed by atoms with Gasteiger partial charge in [-0.1, -0.05) is 12.1 Å². The lowest BCUT2D eigenvalue weighted by atomic mass is 10.2. The molecule has 0 radical (unpaired) electrons. The Hall–Kier alpha value is -2.09. The maximum atomic E-state index is 12.6. The van der Waals surface area contributed by atoms with Crippen LogP contribution in [-0.4, -0.2) is 40.1 Å². The number of sulfonamides is 1. The number of fused-ring (bicyclic) bond motifs is 3. The molecule has 7 heteroatoms. The predicted octanol–water partition coefficient (Wildman–Crippen LogP) is 2.76. The Morgan fingerprint density at radius 3 is 2.81 bits per heavy atom. The first kappa shape index (κ1) is 17.3. The third-order valence-electron chi connectivity index (χ3n) is 4.71. The molecule has 0 spiro atoms. The van der Waals surface area contributed by atoms with Crippen molar-refractivity contribution in [2.45, 2.75) is 30.4 Å². The molecule has 0 aliphatic carbocycles.